The molecule has 3 heterocycles. The number of nitrogens with zero attached hydrogens (tertiary/aromatic N) is 3. The third-order valence-corrected chi connectivity index (χ3v) is 9.74. The lowest BCUT2D eigenvalue weighted by Crippen LogP contribution is -2.51. The van der Waals surface area contributed by atoms with Crippen molar-refractivity contribution in [2.75, 3.05) is 25.5 Å². The number of carbonyl (C=O) groups excluding carboxylic acids is 2. The minimum atomic E-state index is -1.02. The number of carbonyl (C=O) groups is 2. The van der Waals surface area contributed by atoms with Crippen LogP contribution in [0.1, 0.15) is 95.8 Å². The molecule has 0 radical (unpaired) electrons. The summed E-state index contributed by atoms with van der Waals surface area (Å²) < 4.78 is 20.7. The van der Waals surface area contributed by atoms with E-state index in [0.29, 0.717) is 46.8 Å². The Kier molecular flexibility index (Phi) is 7.93. The van der Waals surface area contributed by atoms with Crippen LogP contribution in [0.4, 0.5) is 10.2 Å². The molecule has 9 nitrogen and oxygen atoms in total. The fraction of sp³-hybridized carbons (Fsp3) is 0.486. The maximum Gasteiger partial charge on any atom is 0.263 e. The van der Waals surface area contributed by atoms with Crippen molar-refractivity contribution < 1.29 is 18.7 Å². The fourth-order valence-electron chi connectivity index (χ4n) is 6.31. The maximum atomic E-state index is 13.8. The average molecular weight is 614 g/mol. The minimum absolute atomic E-state index is 0.0624. The molecule has 0 spiro atoms. The highest BCUT2D eigenvalue weighted by atomic mass is 19.1. The van der Waals surface area contributed by atoms with E-state index in [1.54, 1.807) is 28.8 Å². The van der Waals surface area contributed by atoms with Gasteiger partial charge in [0.25, 0.3) is 17.4 Å². The van der Waals surface area contributed by atoms with E-state index in [4.69, 9.17) is 9.72 Å². The second-order valence-electron chi connectivity index (χ2n) is 13.2. The number of anilines is 1. The van der Waals surface area contributed by atoms with Crippen LogP contribution in [0, 0.1) is 5.92 Å². The lowest BCUT2D eigenvalue weighted by atomic mass is 9.80. The van der Waals surface area contributed by atoms with Gasteiger partial charge in [0.2, 0.25) is 0 Å². The summed E-state index contributed by atoms with van der Waals surface area (Å²) in [7, 11) is 1.53. The zero-order valence-corrected chi connectivity index (χ0v) is 25.9. The standard InChI is InChI=1S/C35H40FN5O4/c1-20(22-4-3-5-22)37-16-21-12-30(35(44)41(17-21)26-8-9-26)33(42)39-32-14-24(13-31(38-32)23-6-7-23)28-11-10-27(45-2)15-29(28)34(43)40-18-25(36)19-40/h10-15,17,20,22-23,25-26,37H,3-9,16,18-19H2,1-2H3,(H,38,39,42)/t20-/m0/s1. The molecule has 1 aliphatic heterocycles. The Balaban J connectivity index is 1.19. The first kappa shape index (κ1) is 29.6. The van der Waals surface area contributed by atoms with Crippen LogP contribution in [0.2, 0.25) is 0 Å². The second-order valence-corrected chi connectivity index (χ2v) is 13.2. The first-order valence-electron chi connectivity index (χ1n) is 16.2. The van der Waals surface area contributed by atoms with Gasteiger partial charge in [0.05, 0.1) is 25.8 Å². The number of benzene rings is 1. The normalized spacial score (nSPS) is 19.0. The van der Waals surface area contributed by atoms with Gasteiger partial charge >= 0.3 is 0 Å². The molecule has 2 amide bonds. The zero-order chi connectivity index (χ0) is 31.2. The molecule has 1 saturated heterocycles. The van der Waals surface area contributed by atoms with Gasteiger partial charge in [0.1, 0.15) is 23.3 Å². The van der Waals surface area contributed by atoms with Crippen molar-refractivity contribution in [2.24, 2.45) is 5.92 Å². The van der Waals surface area contributed by atoms with Crippen molar-refractivity contribution in [1.82, 2.24) is 19.8 Å². The van der Waals surface area contributed by atoms with Crippen molar-refractivity contribution in [3.63, 3.8) is 0 Å². The summed E-state index contributed by atoms with van der Waals surface area (Å²) >= 11 is 0. The highest BCUT2D eigenvalue weighted by Gasteiger charge is 2.33. The van der Waals surface area contributed by atoms with E-state index < -0.39 is 12.1 Å². The quantitative estimate of drug-likeness (QED) is 0.298. The lowest BCUT2D eigenvalue weighted by molar-refractivity contribution is 0.0400. The van der Waals surface area contributed by atoms with Gasteiger partial charge in [-0.05, 0) is 104 Å². The first-order chi connectivity index (χ1) is 21.8. The molecule has 1 atom stereocenters. The first-order valence-corrected chi connectivity index (χ1v) is 16.2. The third-order valence-electron chi connectivity index (χ3n) is 9.74. The number of nitrogens with one attached hydrogen (secondary N) is 2. The van der Waals surface area contributed by atoms with Crippen LogP contribution >= 0.6 is 0 Å². The van der Waals surface area contributed by atoms with Crippen LogP contribution in [0.25, 0.3) is 11.1 Å². The largest absolute Gasteiger partial charge is 0.497 e. The molecule has 2 N–H and O–H groups in total. The number of aromatic nitrogens is 2. The molecule has 2 aromatic heterocycles. The summed E-state index contributed by atoms with van der Waals surface area (Å²) in [5, 5.41) is 6.51. The van der Waals surface area contributed by atoms with E-state index in [1.165, 1.54) is 31.3 Å². The highest BCUT2D eigenvalue weighted by Crippen LogP contribution is 2.42. The molecule has 3 saturated carbocycles. The van der Waals surface area contributed by atoms with Crippen molar-refractivity contribution in [2.45, 2.75) is 82.6 Å². The molecule has 7 rings (SSSR count). The second kappa shape index (κ2) is 12.0. The van der Waals surface area contributed by atoms with Gasteiger partial charge in [-0.15, -0.1) is 0 Å². The molecule has 0 bridgehead atoms. The van der Waals surface area contributed by atoms with E-state index >= 15 is 0 Å². The predicted molar refractivity (Wildman–Crippen MR) is 170 cm³/mol. The van der Waals surface area contributed by atoms with Gasteiger partial charge < -0.3 is 24.8 Å². The predicted octanol–water partition coefficient (Wildman–Crippen LogP) is 5.46. The zero-order valence-electron chi connectivity index (χ0n) is 25.9. The van der Waals surface area contributed by atoms with E-state index in [-0.39, 0.29) is 42.1 Å². The summed E-state index contributed by atoms with van der Waals surface area (Å²) in [4.78, 5) is 46.9. The molecular weight excluding hydrogens is 573 g/mol. The van der Waals surface area contributed by atoms with E-state index in [2.05, 4.69) is 17.6 Å². The lowest BCUT2D eigenvalue weighted by Gasteiger charge is -2.34. The number of hydrogen-bond donors (Lipinski definition) is 2. The van der Waals surface area contributed by atoms with Crippen LogP contribution in [0.3, 0.4) is 0 Å². The van der Waals surface area contributed by atoms with E-state index in [9.17, 15) is 18.8 Å². The molecule has 45 heavy (non-hydrogen) atoms. The van der Waals surface area contributed by atoms with Crippen LogP contribution in [-0.2, 0) is 6.54 Å². The smallest absolute Gasteiger partial charge is 0.263 e. The molecule has 0 unspecified atom stereocenters. The summed E-state index contributed by atoms with van der Waals surface area (Å²) in [5.41, 5.74) is 3.28. The van der Waals surface area contributed by atoms with Crippen molar-refractivity contribution in [3.05, 3.63) is 75.3 Å². The third kappa shape index (κ3) is 6.25. The Morgan fingerprint density at radius 3 is 2.47 bits per heavy atom. The Morgan fingerprint density at radius 2 is 1.82 bits per heavy atom. The molecular formula is C35H40FN5O4. The van der Waals surface area contributed by atoms with Crippen molar-refractivity contribution in [1.29, 1.82) is 0 Å². The molecule has 236 valence electrons. The summed E-state index contributed by atoms with van der Waals surface area (Å²) in [5.74, 6) is 1.00. The topological polar surface area (TPSA) is 106 Å². The maximum absolute atomic E-state index is 13.8. The van der Waals surface area contributed by atoms with Gasteiger partial charge in [-0.3, -0.25) is 14.4 Å². The molecule has 3 aromatic rings. The Labute approximate surface area is 262 Å². The minimum Gasteiger partial charge on any atom is -0.497 e. The monoisotopic (exact) mass is 613 g/mol. The van der Waals surface area contributed by atoms with Gasteiger partial charge in [0.15, 0.2) is 0 Å². The summed E-state index contributed by atoms with van der Waals surface area (Å²) in [6.45, 7) is 2.91. The summed E-state index contributed by atoms with van der Waals surface area (Å²) in [6, 6.07) is 11.2. The number of hydrogen-bond acceptors (Lipinski definition) is 6. The Morgan fingerprint density at radius 1 is 1.04 bits per heavy atom. The number of likely N-dealkylation sites (tertiary alicyclic amines) is 1. The van der Waals surface area contributed by atoms with E-state index in [0.717, 1.165) is 36.9 Å². The Bertz CT molecular complexity index is 1690. The van der Waals surface area contributed by atoms with Gasteiger partial charge in [-0.25, -0.2) is 9.37 Å². The number of ether oxygens (including phenoxy) is 1. The number of halogens is 1. The van der Waals surface area contributed by atoms with Crippen LogP contribution < -0.4 is 20.9 Å². The summed E-state index contributed by atoms with van der Waals surface area (Å²) in [6.07, 6.45) is 8.47. The van der Waals surface area contributed by atoms with Gasteiger partial charge in [-0.1, -0.05) is 6.42 Å². The molecule has 1 aromatic carbocycles. The van der Waals surface area contributed by atoms with Crippen LogP contribution in [0.15, 0.2) is 47.4 Å². The molecule has 3 aliphatic carbocycles. The number of methoxy groups -OCH3 is 1. The van der Waals surface area contributed by atoms with Crippen LogP contribution in [0.5, 0.6) is 5.75 Å². The average Bonchev–Trinajstić information content (AvgIpc) is 3.91. The highest BCUT2D eigenvalue weighted by molar-refractivity contribution is 6.05. The van der Waals surface area contributed by atoms with Crippen molar-refractivity contribution >= 4 is 17.6 Å². The number of alkyl halides is 1. The fourth-order valence-corrected chi connectivity index (χ4v) is 6.31. The van der Waals surface area contributed by atoms with Crippen molar-refractivity contribution in [3.8, 4) is 16.9 Å². The van der Waals surface area contributed by atoms with Gasteiger partial charge in [0, 0.05) is 36.4 Å². The number of pyridine rings is 2. The van der Waals surface area contributed by atoms with Gasteiger partial charge in [-0.2, -0.15) is 0 Å². The Hall–Kier alpha value is -4.05. The molecule has 4 fully saturated rings. The number of rotatable bonds is 11. The molecule has 4 aliphatic rings. The van der Waals surface area contributed by atoms with E-state index in [1.807, 2.05) is 18.3 Å². The SMILES string of the molecule is COc1ccc(-c2cc(NC(=O)c3cc(CN[C@@H](C)C4CCC4)cn(C4CC4)c3=O)nc(C3CC3)c2)c(C(=O)N2CC(F)C2)c1. The molecule has 10 heteroatoms. The van der Waals surface area contributed by atoms with Crippen LogP contribution in [-0.4, -0.2) is 58.7 Å². The number of amides is 2.